The van der Waals surface area contributed by atoms with Gasteiger partial charge in [-0.3, -0.25) is 9.69 Å². The summed E-state index contributed by atoms with van der Waals surface area (Å²) in [6, 6.07) is 6.20. The molecule has 26 heavy (non-hydrogen) atoms. The molecule has 0 spiro atoms. The molecule has 1 heterocycles. The van der Waals surface area contributed by atoms with Crippen LogP contribution in [0.3, 0.4) is 0 Å². The number of thiocarbonyl (C=S) groups is 1. The first-order valence-corrected chi connectivity index (χ1v) is 9.52. The molecule has 0 saturated carbocycles. The Bertz CT molecular complexity index is 728. The first kappa shape index (κ1) is 20.2. The van der Waals surface area contributed by atoms with Crippen LogP contribution in [0.1, 0.15) is 31.7 Å². The summed E-state index contributed by atoms with van der Waals surface area (Å²) in [4.78, 5) is 25.7. The Labute approximate surface area is 162 Å². The number of aliphatic carboxylic acids is 1. The lowest BCUT2D eigenvalue weighted by atomic mass is 10.1. The van der Waals surface area contributed by atoms with Crippen LogP contribution in [0.2, 0.25) is 0 Å². The molecular weight excluding hydrogens is 370 g/mol. The molecule has 1 aromatic rings. The van der Waals surface area contributed by atoms with E-state index in [1.54, 1.807) is 24.3 Å². The maximum Gasteiger partial charge on any atom is 0.266 e. The summed E-state index contributed by atoms with van der Waals surface area (Å²) in [5, 5.41) is 11.5. The molecule has 5 nitrogen and oxygen atoms in total. The lowest BCUT2D eigenvalue weighted by Crippen LogP contribution is -2.49. The van der Waals surface area contributed by atoms with Gasteiger partial charge >= 0.3 is 0 Å². The lowest BCUT2D eigenvalue weighted by Gasteiger charge is -2.27. The van der Waals surface area contributed by atoms with E-state index in [2.05, 4.69) is 6.58 Å². The molecule has 1 amide bonds. The molecule has 0 bridgehead atoms. The Morgan fingerprint density at radius 2 is 2.12 bits per heavy atom. The van der Waals surface area contributed by atoms with Gasteiger partial charge in [0.2, 0.25) is 0 Å². The van der Waals surface area contributed by atoms with Crippen LogP contribution < -0.4 is 9.84 Å². The number of rotatable bonds is 9. The summed E-state index contributed by atoms with van der Waals surface area (Å²) in [5.74, 6) is -0.969. The molecule has 0 N–H and O–H groups in total. The monoisotopic (exact) mass is 390 g/mol. The van der Waals surface area contributed by atoms with E-state index in [0.717, 1.165) is 23.7 Å². The Morgan fingerprint density at radius 1 is 1.42 bits per heavy atom. The van der Waals surface area contributed by atoms with Crippen LogP contribution in [0.4, 0.5) is 0 Å². The average molecular weight is 391 g/mol. The summed E-state index contributed by atoms with van der Waals surface area (Å²) in [6.07, 6.45) is 5.19. The SMILES string of the molecule is C=CCOc1ccc(/C=C2\SC(=S)N([C@H](CCCC)C(=O)[O-])C2=O)cc1. The normalized spacial score (nSPS) is 16.8. The maximum atomic E-state index is 12.7. The van der Waals surface area contributed by atoms with Crippen molar-refractivity contribution in [2.45, 2.75) is 32.2 Å². The molecule has 1 aromatic carbocycles. The summed E-state index contributed by atoms with van der Waals surface area (Å²) in [6.45, 7) is 5.97. The minimum Gasteiger partial charge on any atom is -0.548 e. The van der Waals surface area contributed by atoms with E-state index in [-0.39, 0.29) is 4.32 Å². The van der Waals surface area contributed by atoms with Gasteiger partial charge in [0, 0.05) is 0 Å². The van der Waals surface area contributed by atoms with Crippen molar-refractivity contribution in [3.63, 3.8) is 0 Å². The minimum absolute atomic E-state index is 0.248. The Morgan fingerprint density at radius 3 is 2.69 bits per heavy atom. The van der Waals surface area contributed by atoms with Crippen LogP contribution in [0.25, 0.3) is 6.08 Å². The van der Waals surface area contributed by atoms with E-state index in [1.807, 2.05) is 19.1 Å². The van der Waals surface area contributed by atoms with Crippen molar-refractivity contribution in [3.8, 4) is 5.75 Å². The Balaban J connectivity index is 2.17. The highest BCUT2D eigenvalue weighted by atomic mass is 32.2. The first-order valence-electron chi connectivity index (χ1n) is 8.29. The second-order valence-corrected chi connectivity index (χ2v) is 7.37. The van der Waals surface area contributed by atoms with Crippen LogP contribution in [0.15, 0.2) is 41.8 Å². The highest BCUT2D eigenvalue weighted by Crippen LogP contribution is 2.35. The second kappa shape index (κ2) is 9.54. The number of unbranched alkanes of at least 4 members (excludes halogenated alkanes) is 1. The second-order valence-electron chi connectivity index (χ2n) is 5.70. The third kappa shape index (κ3) is 4.95. The van der Waals surface area contributed by atoms with Gasteiger partial charge in [-0.2, -0.15) is 0 Å². The van der Waals surface area contributed by atoms with Crippen molar-refractivity contribution < 1.29 is 19.4 Å². The molecule has 0 aromatic heterocycles. The zero-order chi connectivity index (χ0) is 19.1. The van der Waals surface area contributed by atoms with E-state index in [1.165, 1.54) is 4.90 Å². The summed E-state index contributed by atoms with van der Waals surface area (Å²) >= 11 is 6.34. The number of hydrogen-bond donors (Lipinski definition) is 0. The van der Waals surface area contributed by atoms with Crippen molar-refractivity contribution in [3.05, 3.63) is 47.4 Å². The van der Waals surface area contributed by atoms with Crippen LogP contribution in [-0.2, 0) is 9.59 Å². The fourth-order valence-corrected chi connectivity index (χ4v) is 3.82. The fraction of sp³-hybridized carbons (Fsp3) is 0.316. The molecule has 1 aliphatic heterocycles. The van der Waals surface area contributed by atoms with Gasteiger partial charge < -0.3 is 14.6 Å². The van der Waals surface area contributed by atoms with Crippen molar-refractivity contribution in [1.29, 1.82) is 0 Å². The van der Waals surface area contributed by atoms with E-state index < -0.39 is 17.9 Å². The highest BCUT2D eigenvalue weighted by Gasteiger charge is 2.37. The van der Waals surface area contributed by atoms with Crippen molar-refractivity contribution in [2.75, 3.05) is 6.61 Å². The highest BCUT2D eigenvalue weighted by molar-refractivity contribution is 8.26. The van der Waals surface area contributed by atoms with Gasteiger partial charge in [0.1, 0.15) is 16.7 Å². The largest absolute Gasteiger partial charge is 0.548 e. The molecule has 7 heteroatoms. The van der Waals surface area contributed by atoms with Gasteiger partial charge in [-0.05, 0) is 30.2 Å². The zero-order valence-electron chi connectivity index (χ0n) is 14.5. The smallest absolute Gasteiger partial charge is 0.266 e. The van der Waals surface area contributed by atoms with Crippen LogP contribution in [0, 0.1) is 0 Å². The standard InChI is InChI=1S/C19H21NO4S2/c1-3-5-6-15(18(22)23)20-17(21)16(26-19(20)25)12-13-7-9-14(10-8-13)24-11-4-2/h4,7-10,12,15H,2-3,5-6,11H2,1H3,(H,22,23)/p-1/b16-12-/t15-/m1/s1. The van der Waals surface area contributed by atoms with Gasteiger partial charge in [-0.15, -0.1) is 0 Å². The maximum absolute atomic E-state index is 12.7. The number of amides is 1. The molecule has 0 unspecified atom stereocenters. The number of hydrogen-bond acceptors (Lipinski definition) is 6. The molecule has 1 atom stereocenters. The molecule has 1 aliphatic rings. The number of carbonyl (C=O) groups excluding carboxylic acids is 2. The molecule has 1 fully saturated rings. The quantitative estimate of drug-likeness (QED) is 0.367. The third-order valence-electron chi connectivity index (χ3n) is 3.78. The molecule has 1 saturated heterocycles. The molecule has 0 radical (unpaired) electrons. The number of carboxylic acid groups (broad SMARTS) is 1. The predicted octanol–water partition coefficient (Wildman–Crippen LogP) is 2.76. The van der Waals surface area contributed by atoms with Crippen molar-refractivity contribution in [1.82, 2.24) is 4.90 Å². The molecule has 138 valence electrons. The van der Waals surface area contributed by atoms with E-state index in [0.29, 0.717) is 30.1 Å². The summed E-state index contributed by atoms with van der Waals surface area (Å²) in [7, 11) is 0. The number of carboxylic acids is 1. The van der Waals surface area contributed by atoms with Gasteiger partial charge in [0.15, 0.2) is 0 Å². The topological polar surface area (TPSA) is 69.7 Å². The zero-order valence-corrected chi connectivity index (χ0v) is 16.1. The van der Waals surface area contributed by atoms with Crippen LogP contribution in [0.5, 0.6) is 5.75 Å². The van der Waals surface area contributed by atoms with Crippen molar-refractivity contribution >= 4 is 46.3 Å². The van der Waals surface area contributed by atoms with E-state index in [4.69, 9.17) is 17.0 Å². The van der Waals surface area contributed by atoms with Crippen LogP contribution in [-0.4, -0.2) is 33.7 Å². The van der Waals surface area contributed by atoms with Crippen LogP contribution >= 0.6 is 24.0 Å². The van der Waals surface area contributed by atoms with Gasteiger partial charge in [-0.25, -0.2) is 0 Å². The predicted molar refractivity (Wildman–Crippen MR) is 105 cm³/mol. The van der Waals surface area contributed by atoms with E-state index in [9.17, 15) is 14.7 Å². The van der Waals surface area contributed by atoms with Crippen molar-refractivity contribution in [2.24, 2.45) is 0 Å². The summed E-state index contributed by atoms with van der Waals surface area (Å²) < 4.78 is 5.67. The van der Waals surface area contributed by atoms with Gasteiger partial charge in [0.05, 0.1) is 16.9 Å². The fourth-order valence-electron chi connectivity index (χ4n) is 2.47. The van der Waals surface area contributed by atoms with Gasteiger partial charge in [0.25, 0.3) is 5.91 Å². The summed E-state index contributed by atoms with van der Waals surface area (Å²) in [5.41, 5.74) is 0.801. The minimum atomic E-state index is -1.28. The lowest BCUT2D eigenvalue weighted by molar-refractivity contribution is -0.310. The number of nitrogens with zero attached hydrogens (tertiary/aromatic N) is 1. The number of thioether (sulfide) groups is 1. The average Bonchev–Trinajstić information content (AvgIpc) is 2.89. The number of carbonyl (C=O) groups is 2. The first-order chi connectivity index (χ1) is 12.5. The Kier molecular flexibility index (Phi) is 7.41. The third-order valence-corrected chi connectivity index (χ3v) is 5.11. The van der Waals surface area contributed by atoms with Gasteiger partial charge in [-0.1, -0.05) is 68.5 Å². The molecule has 2 rings (SSSR count). The Hall–Kier alpha value is -2.12. The molecular formula is C19H20NO4S2-. The van der Waals surface area contributed by atoms with E-state index >= 15 is 0 Å². The molecule has 0 aliphatic carbocycles. The number of benzene rings is 1. The number of ether oxygens (including phenoxy) is 1.